The number of aliphatic hydroxyl groups is 2. The van der Waals surface area contributed by atoms with E-state index < -0.39 is 18.0 Å². The van der Waals surface area contributed by atoms with Crippen molar-refractivity contribution >= 4 is 23.0 Å². The summed E-state index contributed by atoms with van der Waals surface area (Å²) >= 11 is 0. The van der Waals surface area contributed by atoms with E-state index in [9.17, 15) is 23.4 Å². The molecule has 2 aromatic heterocycles. The van der Waals surface area contributed by atoms with Gasteiger partial charge in [0.2, 0.25) is 0 Å². The molecule has 0 atom stereocenters. The zero-order chi connectivity index (χ0) is 25.9. The summed E-state index contributed by atoms with van der Waals surface area (Å²) in [7, 11) is 1.59. The molecule has 1 aliphatic heterocycles. The number of aromatic nitrogens is 2. The van der Waals surface area contributed by atoms with Crippen molar-refractivity contribution in [2.24, 2.45) is 4.99 Å². The molecule has 8 nitrogen and oxygen atoms in total. The number of alkyl halides is 3. The van der Waals surface area contributed by atoms with Gasteiger partial charge in [0.05, 0.1) is 24.5 Å². The number of pyridine rings is 2. The molecule has 0 spiro atoms. The van der Waals surface area contributed by atoms with Gasteiger partial charge in [0.15, 0.2) is 6.29 Å². The van der Waals surface area contributed by atoms with Crippen molar-refractivity contribution in [2.45, 2.75) is 19.4 Å². The van der Waals surface area contributed by atoms with Crippen LogP contribution in [-0.2, 0) is 10.9 Å². The van der Waals surface area contributed by atoms with Crippen LogP contribution in [0.3, 0.4) is 0 Å². The van der Waals surface area contributed by atoms with Crippen LogP contribution in [0.5, 0.6) is 0 Å². The number of aliphatic hydroxyl groups excluding tert-OH is 1. The lowest BCUT2D eigenvalue weighted by atomic mass is 9.97. The number of anilines is 3. The number of hydrogen-bond acceptors (Lipinski definition) is 8. The Morgan fingerprint density at radius 2 is 1.89 bits per heavy atom. The van der Waals surface area contributed by atoms with Gasteiger partial charge in [-0.1, -0.05) is 6.07 Å². The molecule has 1 saturated heterocycles. The van der Waals surface area contributed by atoms with Crippen LogP contribution in [0.15, 0.2) is 53.7 Å². The molecule has 1 aromatic carbocycles. The van der Waals surface area contributed by atoms with Gasteiger partial charge < -0.3 is 25.2 Å². The topological polar surface area (TPSA) is 103 Å². The lowest BCUT2D eigenvalue weighted by Gasteiger charge is -2.27. The number of nitrogens with zero attached hydrogens (tertiary/aromatic N) is 4. The van der Waals surface area contributed by atoms with Crippen molar-refractivity contribution < 1.29 is 28.1 Å². The van der Waals surface area contributed by atoms with Crippen LogP contribution in [0.1, 0.15) is 30.0 Å². The van der Waals surface area contributed by atoms with E-state index in [-0.39, 0.29) is 17.2 Å². The predicted octanol–water partition coefficient (Wildman–Crippen LogP) is 4.16. The summed E-state index contributed by atoms with van der Waals surface area (Å²) in [5, 5.41) is 22.7. The van der Waals surface area contributed by atoms with Crippen LogP contribution in [0.2, 0.25) is 0 Å². The Balaban J connectivity index is 1.81. The van der Waals surface area contributed by atoms with Crippen LogP contribution in [0.4, 0.5) is 30.5 Å². The minimum Gasteiger partial charge on any atom is -0.378 e. The number of rotatable bonds is 6. The first-order chi connectivity index (χ1) is 17.2. The molecule has 0 bridgehead atoms. The molecule has 0 amide bonds. The number of nitrogens with one attached hydrogen (secondary N) is 1. The van der Waals surface area contributed by atoms with Crippen molar-refractivity contribution in [2.75, 3.05) is 43.6 Å². The third-order valence-electron chi connectivity index (χ3n) is 5.85. The summed E-state index contributed by atoms with van der Waals surface area (Å²) in [4.78, 5) is 15.2. The number of benzene rings is 1. The normalized spacial score (nSPS) is 14.9. The van der Waals surface area contributed by atoms with E-state index in [2.05, 4.69) is 25.2 Å². The van der Waals surface area contributed by atoms with E-state index in [0.29, 0.717) is 35.6 Å². The van der Waals surface area contributed by atoms with Crippen LogP contribution in [0.25, 0.3) is 11.1 Å². The van der Waals surface area contributed by atoms with Crippen molar-refractivity contribution in [3.63, 3.8) is 0 Å². The minimum absolute atomic E-state index is 0.0793. The lowest BCUT2D eigenvalue weighted by Crippen LogP contribution is -2.36. The molecule has 36 heavy (non-hydrogen) atoms. The molecule has 3 N–H and O–H groups in total. The number of halogens is 3. The standard InChI is InChI=1S/C25H26F3N5O3/c1-15(29-2)22-19(16-6-7-21(30-14-16)33-8-10-36-11-9-33)13-20(24(34)35)32-23(22)31-18-5-3-4-17(12-18)25(26,27)28/h3-7,12-14,24,34-35H,8-11H2,1-2H3,(H,31,32). The van der Waals surface area contributed by atoms with Gasteiger partial charge in [0, 0.05) is 48.9 Å². The summed E-state index contributed by atoms with van der Waals surface area (Å²) in [6.45, 7) is 4.42. The lowest BCUT2D eigenvalue weighted by molar-refractivity contribution is -0.137. The first kappa shape index (κ1) is 25.5. The van der Waals surface area contributed by atoms with Crippen molar-refractivity contribution in [3.8, 4) is 11.1 Å². The molecule has 11 heteroatoms. The van der Waals surface area contributed by atoms with Crippen LogP contribution in [-0.4, -0.2) is 59.2 Å². The second-order valence-corrected chi connectivity index (χ2v) is 8.21. The Kier molecular flexibility index (Phi) is 7.53. The van der Waals surface area contributed by atoms with Gasteiger partial charge in [0.1, 0.15) is 11.6 Å². The zero-order valence-electron chi connectivity index (χ0n) is 19.8. The summed E-state index contributed by atoms with van der Waals surface area (Å²) in [6.07, 6.45) is -4.76. The number of morpholine rings is 1. The highest BCUT2D eigenvalue weighted by molar-refractivity contribution is 6.08. The van der Waals surface area contributed by atoms with E-state index in [4.69, 9.17) is 4.74 Å². The fourth-order valence-corrected chi connectivity index (χ4v) is 3.93. The Bertz CT molecular complexity index is 1240. The first-order valence-corrected chi connectivity index (χ1v) is 11.3. The largest absolute Gasteiger partial charge is 0.416 e. The molecule has 4 rings (SSSR count). The van der Waals surface area contributed by atoms with Gasteiger partial charge in [0.25, 0.3) is 0 Å². The fraction of sp³-hybridized carbons (Fsp3) is 0.320. The SMILES string of the molecule is CN=C(C)c1c(-c2ccc(N3CCOCC3)nc2)cc(C(O)O)nc1Nc1cccc(C(F)(F)F)c1. The number of hydrogen-bond donors (Lipinski definition) is 3. The highest BCUT2D eigenvalue weighted by atomic mass is 19.4. The summed E-state index contributed by atoms with van der Waals surface area (Å²) in [5.41, 5.74) is 1.48. The molecule has 0 radical (unpaired) electrons. The zero-order valence-corrected chi connectivity index (χ0v) is 19.8. The van der Waals surface area contributed by atoms with E-state index >= 15 is 0 Å². The molecule has 0 saturated carbocycles. The molecule has 0 unspecified atom stereocenters. The maximum atomic E-state index is 13.2. The highest BCUT2D eigenvalue weighted by Crippen LogP contribution is 2.35. The Morgan fingerprint density at radius 1 is 1.14 bits per heavy atom. The van der Waals surface area contributed by atoms with Gasteiger partial charge in [-0.05, 0) is 48.9 Å². The second-order valence-electron chi connectivity index (χ2n) is 8.21. The monoisotopic (exact) mass is 501 g/mol. The Hall–Kier alpha value is -3.54. The molecular formula is C25H26F3N5O3. The maximum Gasteiger partial charge on any atom is 0.416 e. The highest BCUT2D eigenvalue weighted by Gasteiger charge is 2.30. The summed E-state index contributed by atoms with van der Waals surface area (Å²) in [5.74, 6) is 0.915. The van der Waals surface area contributed by atoms with Crippen LogP contribution in [0, 0.1) is 0 Å². The van der Waals surface area contributed by atoms with Gasteiger partial charge in [-0.2, -0.15) is 13.2 Å². The third-order valence-corrected chi connectivity index (χ3v) is 5.85. The molecule has 1 aliphatic rings. The molecule has 190 valence electrons. The average Bonchev–Trinajstić information content (AvgIpc) is 2.88. The van der Waals surface area contributed by atoms with E-state index in [0.717, 1.165) is 31.0 Å². The second kappa shape index (κ2) is 10.6. The molecule has 0 aliphatic carbocycles. The van der Waals surface area contributed by atoms with Gasteiger partial charge in [-0.15, -0.1) is 0 Å². The molecule has 1 fully saturated rings. The summed E-state index contributed by atoms with van der Waals surface area (Å²) < 4.78 is 45.1. The average molecular weight is 502 g/mol. The van der Waals surface area contributed by atoms with Gasteiger partial charge in [-0.3, -0.25) is 4.99 Å². The number of aliphatic imine (C=N–C) groups is 1. The smallest absolute Gasteiger partial charge is 0.378 e. The molecule has 3 heterocycles. The quantitative estimate of drug-likeness (QED) is 0.344. The van der Waals surface area contributed by atoms with Gasteiger partial charge >= 0.3 is 6.18 Å². The van der Waals surface area contributed by atoms with Crippen molar-refractivity contribution in [1.82, 2.24) is 9.97 Å². The van der Waals surface area contributed by atoms with Gasteiger partial charge in [-0.25, -0.2) is 9.97 Å². The Morgan fingerprint density at radius 3 is 2.50 bits per heavy atom. The van der Waals surface area contributed by atoms with Crippen molar-refractivity contribution in [1.29, 1.82) is 0 Å². The predicted molar refractivity (Wildman–Crippen MR) is 131 cm³/mol. The van der Waals surface area contributed by atoms with E-state index in [1.54, 1.807) is 20.2 Å². The molecular weight excluding hydrogens is 475 g/mol. The third kappa shape index (κ3) is 5.64. The minimum atomic E-state index is -4.52. The van der Waals surface area contributed by atoms with E-state index in [1.807, 2.05) is 12.1 Å². The van der Waals surface area contributed by atoms with Crippen LogP contribution < -0.4 is 10.2 Å². The first-order valence-electron chi connectivity index (χ1n) is 11.3. The summed E-state index contributed by atoms with van der Waals surface area (Å²) in [6, 6.07) is 9.91. The number of ether oxygens (including phenoxy) is 1. The van der Waals surface area contributed by atoms with Crippen molar-refractivity contribution in [3.05, 3.63) is 65.5 Å². The van der Waals surface area contributed by atoms with E-state index in [1.165, 1.54) is 18.2 Å². The fourth-order valence-electron chi connectivity index (χ4n) is 3.93. The molecule has 3 aromatic rings. The van der Waals surface area contributed by atoms with Crippen LogP contribution >= 0.6 is 0 Å². The Labute approximate surface area is 206 Å². The maximum absolute atomic E-state index is 13.2.